The molecule has 5 heteroatoms. The van der Waals surface area contributed by atoms with E-state index in [-0.39, 0.29) is 17.4 Å². The van der Waals surface area contributed by atoms with Gasteiger partial charge in [-0.1, -0.05) is 30.7 Å². The first-order chi connectivity index (χ1) is 14.7. The number of carbonyl (C=O) groups is 1. The number of benzene rings is 2. The molecule has 2 saturated carbocycles. The zero-order valence-corrected chi connectivity index (χ0v) is 17.5. The minimum absolute atomic E-state index is 0.196. The number of aromatic amines is 1. The van der Waals surface area contributed by atoms with Gasteiger partial charge in [0.1, 0.15) is 11.6 Å². The van der Waals surface area contributed by atoms with Crippen LogP contribution < -0.4 is 10.1 Å². The summed E-state index contributed by atoms with van der Waals surface area (Å²) in [6, 6.07) is 16.4. The van der Waals surface area contributed by atoms with Gasteiger partial charge in [-0.25, -0.2) is 4.98 Å². The van der Waals surface area contributed by atoms with Crippen molar-refractivity contribution >= 4 is 16.9 Å². The fourth-order valence-corrected chi connectivity index (χ4v) is 4.99. The summed E-state index contributed by atoms with van der Waals surface area (Å²) < 4.78 is 5.26. The highest BCUT2D eigenvalue weighted by Crippen LogP contribution is 2.49. The molecular formula is C25H29N3O2. The van der Waals surface area contributed by atoms with E-state index in [0.717, 1.165) is 66.7 Å². The molecule has 2 fully saturated rings. The van der Waals surface area contributed by atoms with Crippen molar-refractivity contribution in [3.8, 4) is 5.75 Å². The molecule has 2 N–H and O–H groups in total. The minimum Gasteiger partial charge on any atom is -0.497 e. The second-order valence-corrected chi connectivity index (χ2v) is 8.92. The van der Waals surface area contributed by atoms with E-state index in [9.17, 15) is 4.79 Å². The Morgan fingerprint density at radius 2 is 1.97 bits per heavy atom. The van der Waals surface area contributed by atoms with Crippen molar-refractivity contribution in [2.75, 3.05) is 7.11 Å². The highest BCUT2D eigenvalue weighted by molar-refractivity contribution is 5.91. The van der Waals surface area contributed by atoms with Crippen LogP contribution in [-0.4, -0.2) is 29.0 Å². The maximum Gasteiger partial charge on any atom is 0.230 e. The smallest absolute Gasteiger partial charge is 0.230 e. The number of hydrogen-bond donors (Lipinski definition) is 2. The Hall–Kier alpha value is -2.82. The summed E-state index contributed by atoms with van der Waals surface area (Å²) in [4.78, 5) is 21.4. The fourth-order valence-electron chi connectivity index (χ4n) is 4.99. The van der Waals surface area contributed by atoms with E-state index in [1.165, 1.54) is 6.42 Å². The topological polar surface area (TPSA) is 67.0 Å². The molecule has 2 aliphatic carbocycles. The minimum atomic E-state index is -0.335. The predicted molar refractivity (Wildman–Crippen MR) is 118 cm³/mol. The lowest BCUT2D eigenvalue weighted by atomic mass is 9.83. The molecule has 2 atom stereocenters. The first kappa shape index (κ1) is 19.2. The van der Waals surface area contributed by atoms with Crippen LogP contribution in [0.5, 0.6) is 5.75 Å². The Bertz CT molecular complexity index is 1000. The number of aromatic nitrogens is 2. The summed E-state index contributed by atoms with van der Waals surface area (Å²) in [7, 11) is 1.67. The van der Waals surface area contributed by atoms with E-state index in [1.807, 2.05) is 42.5 Å². The molecule has 2 unspecified atom stereocenters. The van der Waals surface area contributed by atoms with Gasteiger partial charge in [0.25, 0.3) is 0 Å². The van der Waals surface area contributed by atoms with Gasteiger partial charge >= 0.3 is 0 Å². The Morgan fingerprint density at radius 1 is 1.17 bits per heavy atom. The quantitative estimate of drug-likeness (QED) is 0.636. The molecule has 0 aliphatic heterocycles. The number of methoxy groups -OCH3 is 1. The molecule has 1 amide bonds. The van der Waals surface area contributed by atoms with Crippen molar-refractivity contribution < 1.29 is 9.53 Å². The highest BCUT2D eigenvalue weighted by Gasteiger charge is 2.51. The van der Waals surface area contributed by atoms with Crippen molar-refractivity contribution in [3.05, 3.63) is 59.9 Å². The van der Waals surface area contributed by atoms with Gasteiger partial charge in [0.15, 0.2) is 0 Å². The van der Waals surface area contributed by atoms with Crippen LogP contribution in [0.3, 0.4) is 0 Å². The Morgan fingerprint density at radius 3 is 2.70 bits per heavy atom. The Labute approximate surface area is 177 Å². The average molecular weight is 404 g/mol. The number of rotatable bonds is 6. The van der Waals surface area contributed by atoms with E-state index in [4.69, 9.17) is 9.72 Å². The molecule has 5 nitrogen and oxygen atoms in total. The summed E-state index contributed by atoms with van der Waals surface area (Å²) in [6.45, 7) is 0. The van der Waals surface area contributed by atoms with E-state index >= 15 is 0 Å². The molecule has 2 aromatic carbocycles. The van der Waals surface area contributed by atoms with Gasteiger partial charge in [0.05, 0.1) is 23.6 Å². The zero-order valence-electron chi connectivity index (χ0n) is 17.5. The predicted octanol–water partition coefficient (Wildman–Crippen LogP) is 4.52. The third-order valence-electron chi connectivity index (χ3n) is 6.87. The molecule has 1 heterocycles. The third kappa shape index (κ3) is 3.69. The standard InChI is InChI=1S/C25H29N3O2/c1-30-20-11-9-18(10-12-20)25(13-14-25)24(29)26-19-6-4-5-17(15-19)16-23-27-21-7-2-3-8-22(21)28-23/h2-3,7-12,17,19H,4-6,13-16H2,1H3,(H,26,29)(H,27,28). The van der Waals surface area contributed by atoms with Crippen LogP contribution in [0.4, 0.5) is 0 Å². The van der Waals surface area contributed by atoms with Gasteiger partial charge in [0, 0.05) is 12.5 Å². The van der Waals surface area contributed by atoms with Crippen LogP contribution in [0, 0.1) is 5.92 Å². The lowest BCUT2D eigenvalue weighted by Gasteiger charge is -2.31. The summed E-state index contributed by atoms with van der Waals surface area (Å²) in [5.74, 6) is 2.64. The van der Waals surface area contributed by atoms with Gasteiger partial charge < -0.3 is 15.0 Å². The molecule has 1 aromatic heterocycles. The molecule has 2 aliphatic rings. The van der Waals surface area contributed by atoms with Gasteiger partial charge in [0.2, 0.25) is 5.91 Å². The molecule has 0 radical (unpaired) electrons. The largest absolute Gasteiger partial charge is 0.497 e. The van der Waals surface area contributed by atoms with E-state index < -0.39 is 0 Å². The van der Waals surface area contributed by atoms with E-state index in [2.05, 4.69) is 16.4 Å². The molecule has 156 valence electrons. The van der Waals surface area contributed by atoms with Crippen molar-refractivity contribution in [1.82, 2.24) is 15.3 Å². The van der Waals surface area contributed by atoms with Gasteiger partial charge in [-0.05, 0) is 67.9 Å². The number of fused-ring (bicyclic) bond motifs is 1. The lowest BCUT2D eigenvalue weighted by molar-refractivity contribution is -0.124. The molecule has 0 bridgehead atoms. The van der Waals surface area contributed by atoms with Gasteiger partial charge in [-0.2, -0.15) is 0 Å². The van der Waals surface area contributed by atoms with Crippen molar-refractivity contribution in [2.45, 2.75) is 56.4 Å². The molecule has 30 heavy (non-hydrogen) atoms. The molecule has 0 spiro atoms. The van der Waals surface area contributed by atoms with Gasteiger partial charge in [-0.15, -0.1) is 0 Å². The van der Waals surface area contributed by atoms with E-state index in [1.54, 1.807) is 7.11 Å². The van der Waals surface area contributed by atoms with Crippen LogP contribution >= 0.6 is 0 Å². The SMILES string of the molecule is COc1ccc(C2(C(=O)NC3CCCC(Cc4nc5ccccc5[nH]4)C3)CC2)cc1. The first-order valence-corrected chi connectivity index (χ1v) is 11.1. The normalized spacial score (nSPS) is 22.6. The summed E-state index contributed by atoms with van der Waals surface area (Å²) in [6.07, 6.45) is 7.27. The second kappa shape index (κ2) is 7.78. The lowest BCUT2D eigenvalue weighted by Crippen LogP contribution is -2.44. The van der Waals surface area contributed by atoms with Crippen LogP contribution in [0.1, 0.15) is 49.9 Å². The van der Waals surface area contributed by atoms with Crippen LogP contribution in [0.15, 0.2) is 48.5 Å². The third-order valence-corrected chi connectivity index (χ3v) is 6.87. The number of hydrogen-bond acceptors (Lipinski definition) is 3. The number of nitrogens with one attached hydrogen (secondary N) is 2. The van der Waals surface area contributed by atoms with Crippen molar-refractivity contribution in [2.24, 2.45) is 5.92 Å². The number of para-hydroxylation sites is 2. The van der Waals surface area contributed by atoms with Crippen molar-refractivity contribution in [3.63, 3.8) is 0 Å². The number of nitrogens with zero attached hydrogens (tertiary/aromatic N) is 1. The number of amides is 1. The second-order valence-electron chi connectivity index (χ2n) is 8.92. The molecule has 0 saturated heterocycles. The average Bonchev–Trinajstić information content (AvgIpc) is 3.48. The summed E-state index contributed by atoms with van der Waals surface area (Å²) in [5, 5.41) is 3.39. The first-order valence-electron chi connectivity index (χ1n) is 11.1. The maximum atomic E-state index is 13.2. The summed E-state index contributed by atoms with van der Waals surface area (Å²) in [5.41, 5.74) is 2.90. The van der Waals surface area contributed by atoms with E-state index in [0.29, 0.717) is 5.92 Å². The molecule has 5 rings (SSSR count). The van der Waals surface area contributed by atoms with Crippen LogP contribution in [-0.2, 0) is 16.6 Å². The van der Waals surface area contributed by atoms with Crippen LogP contribution in [0.2, 0.25) is 0 Å². The maximum absolute atomic E-state index is 13.2. The highest BCUT2D eigenvalue weighted by atomic mass is 16.5. The van der Waals surface area contributed by atoms with Crippen molar-refractivity contribution in [1.29, 1.82) is 0 Å². The summed E-state index contributed by atoms with van der Waals surface area (Å²) >= 11 is 0. The fraction of sp³-hybridized carbons (Fsp3) is 0.440. The number of imidazole rings is 1. The molecule has 3 aromatic rings. The number of ether oxygens (including phenoxy) is 1. The monoisotopic (exact) mass is 403 g/mol. The number of H-pyrrole nitrogens is 1. The number of carbonyl (C=O) groups excluding carboxylic acids is 1. The zero-order chi connectivity index (χ0) is 20.6. The Balaban J connectivity index is 1.22. The van der Waals surface area contributed by atoms with Gasteiger partial charge in [-0.3, -0.25) is 4.79 Å². The molecular weight excluding hydrogens is 374 g/mol. The van der Waals surface area contributed by atoms with Crippen LogP contribution in [0.25, 0.3) is 11.0 Å². The Kier molecular flexibility index (Phi) is 4.97.